The summed E-state index contributed by atoms with van der Waals surface area (Å²) < 4.78 is 0. The van der Waals surface area contributed by atoms with Crippen LogP contribution >= 0.6 is 11.6 Å². The zero-order valence-corrected chi connectivity index (χ0v) is 12.0. The van der Waals surface area contributed by atoms with Gasteiger partial charge in [0.25, 0.3) is 0 Å². The summed E-state index contributed by atoms with van der Waals surface area (Å²) >= 11 is 5.89. The van der Waals surface area contributed by atoms with Gasteiger partial charge in [-0.2, -0.15) is 0 Å². The minimum atomic E-state index is -0.610. The molecule has 1 aromatic rings. The van der Waals surface area contributed by atoms with Crippen LogP contribution in [-0.4, -0.2) is 11.4 Å². The predicted octanol–water partition coefficient (Wildman–Crippen LogP) is 3.58. The molecule has 1 aliphatic carbocycles. The summed E-state index contributed by atoms with van der Waals surface area (Å²) in [6.07, 6.45) is 5.04. The number of carbonyl (C=O) groups is 1. The van der Waals surface area contributed by atoms with Gasteiger partial charge >= 0.3 is 0 Å². The summed E-state index contributed by atoms with van der Waals surface area (Å²) in [7, 11) is 0. The molecule has 0 heterocycles. The van der Waals surface area contributed by atoms with Crippen molar-refractivity contribution >= 4 is 23.2 Å². The molecule has 1 aromatic carbocycles. The zero-order valence-electron chi connectivity index (χ0n) is 11.3. The summed E-state index contributed by atoms with van der Waals surface area (Å²) in [5.41, 5.74) is 6.01. The van der Waals surface area contributed by atoms with E-state index in [1.807, 2.05) is 24.3 Å². The number of hydrogen-bond acceptors (Lipinski definition) is 2. The first-order chi connectivity index (χ1) is 9.08. The second-order valence-electron chi connectivity index (χ2n) is 5.32. The Kier molecular flexibility index (Phi) is 4.35. The maximum atomic E-state index is 12.1. The first-order valence-electron chi connectivity index (χ1n) is 6.92. The monoisotopic (exact) mass is 280 g/mol. The lowest BCUT2D eigenvalue weighted by Gasteiger charge is -2.42. The molecule has 19 heavy (non-hydrogen) atoms. The fourth-order valence-corrected chi connectivity index (χ4v) is 3.27. The molecule has 1 fully saturated rings. The zero-order chi connectivity index (χ0) is 13.9. The Balaban J connectivity index is 2.28. The largest absolute Gasteiger partial charge is 0.371 e. The topological polar surface area (TPSA) is 55.1 Å². The maximum absolute atomic E-state index is 12.1. The highest BCUT2D eigenvalue weighted by atomic mass is 35.5. The van der Waals surface area contributed by atoms with E-state index in [9.17, 15) is 4.79 Å². The number of nitrogens with one attached hydrogen (secondary N) is 1. The summed E-state index contributed by atoms with van der Waals surface area (Å²) in [5.74, 6) is 0.0587. The number of benzene rings is 1. The van der Waals surface area contributed by atoms with Crippen molar-refractivity contribution in [3.05, 3.63) is 29.3 Å². The number of amides is 1. The maximum Gasteiger partial charge on any atom is 0.243 e. The molecular formula is C15H21ClN2O. The second kappa shape index (κ2) is 5.83. The van der Waals surface area contributed by atoms with Crippen molar-refractivity contribution in [1.82, 2.24) is 0 Å². The normalized spacial score (nSPS) is 26.9. The minimum Gasteiger partial charge on any atom is -0.371 e. The van der Waals surface area contributed by atoms with Crippen molar-refractivity contribution < 1.29 is 4.79 Å². The van der Waals surface area contributed by atoms with Gasteiger partial charge in [0, 0.05) is 10.7 Å². The van der Waals surface area contributed by atoms with Crippen LogP contribution in [0.4, 0.5) is 5.69 Å². The fraction of sp³-hybridized carbons (Fsp3) is 0.533. The first kappa shape index (κ1) is 14.2. The van der Waals surface area contributed by atoms with Gasteiger partial charge in [-0.3, -0.25) is 4.79 Å². The standard InChI is InChI=1S/C15H21ClN2O/c1-2-11-5-3-4-10-15(11,14(17)19)18-13-8-6-12(16)7-9-13/h6-9,11,18H,2-5,10H2,1H3,(H2,17,19). The van der Waals surface area contributed by atoms with E-state index in [-0.39, 0.29) is 5.91 Å². The van der Waals surface area contributed by atoms with Gasteiger partial charge in [-0.25, -0.2) is 0 Å². The molecule has 3 N–H and O–H groups in total. The molecule has 104 valence electrons. The van der Waals surface area contributed by atoms with E-state index in [0.717, 1.165) is 31.4 Å². The van der Waals surface area contributed by atoms with Crippen LogP contribution in [-0.2, 0) is 4.79 Å². The van der Waals surface area contributed by atoms with Crippen LogP contribution in [0, 0.1) is 5.92 Å². The van der Waals surface area contributed by atoms with Crippen molar-refractivity contribution in [2.24, 2.45) is 11.7 Å². The Labute approximate surface area is 119 Å². The van der Waals surface area contributed by atoms with Crippen LogP contribution in [0.25, 0.3) is 0 Å². The molecule has 1 saturated carbocycles. The van der Waals surface area contributed by atoms with Crippen LogP contribution in [0.3, 0.4) is 0 Å². The van der Waals surface area contributed by atoms with Gasteiger partial charge < -0.3 is 11.1 Å². The molecule has 0 bridgehead atoms. The number of nitrogens with two attached hydrogens (primary N) is 1. The predicted molar refractivity (Wildman–Crippen MR) is 79.2 cm³/mol. The number of anilines is 1. The van der Waals surface area contributed by atoms with Crippen molar-refractivity contribution in [1.29, 1.82) is 0 Å². The SMILES string of the molecule is CCC1CCCCC1(Nc1ccc(Cl)cc1)C(N)=O. The van der Waals surface area contributed by atoms with Crippen LogP contribution in [0.1, 0.15) is 39.0 Å². The summed E-state index contributed by atoms with van der Waals surface area (Å²) in [6, 6.07) is 7.44. The molecule has 2 atom stereocenters. The van der Waals surface area contributed by atoms with Crippen molar-refractivity contribution in [3.8, 4) is 0 Å². The lowest BCUT2D eigenvalue weighted by atomic mass is 9.70. The second-order valence-corrected chi connectivity index (χ2v) is 5.75. The van der Waals surface area contributed by atoms with Crippen molar-refractivity contribution in [2.75, 3.05) is 5.32 Å². The average Bonchev–Trinajstić information content (AvgIpc) is 2.41. The number of halogens is 1. The molecule has 3 nitrogen and oxygen atoms in total. The number of primary amides is 1. The highest BCUT2D eigenvalue weighted by molar-refractivity contribution is 6.30. The summed E-state index contributed by atoms with van der Waals surface area (Å²) in [4.78, 5) is 12.1. The lowest BCUT2D eigenvalue weighted by Crippen LogP contribution is -2.57. The lowest BCUT2D eigenvalue weighted by molar-refractivity contribution is -0.125. The van der Waals surface area contributed by atoms with E-state index in [2.05, 4.69) is 12.2 Å². The minimum absolute atomic E-state index is 0.242. The van der Waals surface area contributed by atoms with E-state index in [1.54, 1.807) is 0 Å². The molecule has 0 saturated heterocycles. The third-order valence-corrected chi connectivity index (χ3v) is 4.47. The van der Waals surface area contributed by atoms with Crippen molar-refractivity contribution in [3.63, 3.8) is 0 Å². The van der Waals surface area contributed by atoms with Crippen molar-refractivity contribution in [2.45, 2.75) is 44.6 Å². The molecule has 0 spiro atoms. The van der Waals surface area contributed by atoms with Gasteiger partial charge in [-0.1, -0.05) is 37.8 Å². The van der Waals surface area contributed by atoms with Gasteiger partial charge in [0.15, 0.2) is 0 Å². The smallest absolute Gasteiger partial charge is 0.243 e. The van der Waals surface area contributed by atoms with Crippen LogP contribution in [0.15, 0.2) is 24.3 Å². The average molecular weight is 281 g/mol. The Morgan fingerprint density at radius 1 is 1.42 bits per heavy atom. The van der Waals surface area contributed by atoms with Gasteiger partial charge in [-0.05, 0) is 43.0 Å². The Morgan fingerprint density at radius 2 is 2.11 bits per heavy atom. The Morgan fingerprint density at radius 3 is 2.68 bits per heavy atom. The Bertz CT molecular complexity index is 446. The molecule has 2 rings (SSSR count). The Hall–Kier alpha value is -1.22. The third-order valence-electron chi connectivity index (χ3n) is 4.21. The molecule has 4 heteroatoms. The highest BCUT2D eigenvalue weighted by Crippen LogP contribution is 2.38. The van der Waals surface area contributed by atoms with E-state index in [0.29, 0.717) is 10.9 Å². The highest BCUT2D eigenvalue weighted by Gasteiger charge is 2.44. The van der Waals surface area contributed by atoms with Crippen LogP contribution < -0.4 is 11.1 Å². The number of rotatable bonds is 4. The molecular weight excluding hydrogens is 260 g/mol. The van der Waals surface area contributed by atoms with Gasteiger partial charge in [-0.15, -0.1) is 0 Å². The van der Waals surface area contributed by atoms with E-state index < -0.39 is 5.54 Å². The van der Waals surface area contributed by atoms with E-state index >= 15 is 0 Å². The molecule has 0 aromatic heterocycles. The molecule has 2 unspecified atom stereocenters. The number of hydrogen-bond donors (Lipinski definition) is 2. The van der Waals surface area contributed by atoms with Gasteiger partial charge in [0.1, 0.15) is 5.54 Å². The first-order valence-corrected chi connectivity index (χ1v) is 7.30. The quantitative estimate of drug-likeness (QED) is 0.886. The van der Waals surface area contributed by atoms with E-state index in [4.69, 9.17) is 17.3 Å². The summed E-state index contributed by atoms with van der Waals surface area (Å²) in [5, 5.41) is 4.08. The molecule has 1 amide bonds. The third kappa shape index (κ3) is 2.86. The van der Waals surface area contributed by atoms with Gasteiger partial charge in [0.05, 0.1) is 0 Å². The van der Waals surface area contributed by atoms with Gasteiger partial charge in [0.2, 0.25) is 5.91 Å². The molecule has 0 aliphatic heterocycles. The molecule has 1 aliphatic rings. The van der Waals surface area contributed by atoms with Crippen LogP contribution in [0.2, 0.25) is 5.02 Å². The van der Waals surface area contributed by atoms with E-state index in [1.165, 1.54) is 6.42 Å². The fourth-order valence-electron chi connectivity index (χ4n) is 3.14. The summed E-state index contributed by atoms with van der Waals surface area (Å²) in [6.45, 7) is 2.12. The van der Waals surface area contributed by atoms with Crippen LogP contribution in [0.5, 0.6) is 0 Å². The number of carbonyl (C=O) groups excluding carboxylic acids is 1. The molecule has 0 radical (unpaired) electrons.